The van der Waals surface area contributed by atoms with Crippen molar-refractivity contribution in [2.45, 2.75) is 34.1 Å². The Bertz CT molecular complexity index is 251. The van der Waals surface area contributed by atoms with Gasteiger partial charge in [-0.3, -0.25) is 0 Å². The van der Waals surface area contributed by atoms with Crippen LogP contribution in [0, 0.1) is 10.8 Å². The molecule has 0 bridgehead atoms. The van der Waals surface area contributed by atoms with Gasteiger partial charge in [-0.1, -0.05) is 40.9 Å². The molecule has 1 fully saturated rings. The lowest BCUT2D eigenvalue weighted by molar-refractivity contribution is -0.935. The molecule has 1 saturated heterocycles. The Kier molecular flexibility index (Phi) is 5.49. The van der Waals surface area contributed by atoms with Crippen molar-refractivity contribution in [1.29, 1.82) is 0 Å². The summed E-state index contributed by atoms with van der Waals surface area (Å²) in [7, 11) is 0. The fourth-order valence-electron chi connectivity index (χ4n) is 4.16. The Morgan fingerprint density at radius 3 is 1.59 bits per heavy atom. The van der Waals surface area contributed by atoms with Crippen LogP contribution in [0.5, 0.6) is 0 Å². The summed E-state index contributed by atoms with van der Waals surface area (Å²) < 4.78 is 1.13. The predicted octanol–water partition coefficient (Wildman–Crippen LogP) is 0.635. The number of rotatable bonds is 4. The van der Waals surface area contributed by atoms with Gasteiger partial charge in [-0.25, -0.2) is 0 Å². The van der Waals surface area contributed by atoms with Crippen LogP contribution in [0.4, 0.5) is 0 Å². The smallest absolute Gasteiger partial charge is 0.0973 e. The third-order valence-corrected chi connectivity index (χ3v) is 3.52. The molecule has 1 heterocycles. The van der Waals surface area contributed by atoms with Crippen LogP contribution in [0.1, 0.15) is 34.1 Å². The van der Waals surface area contributed by atoms with Crippen molar-refractivity contribution in [3.8, 4) is 0 Å². The van der Waals surface area contributed by atoms with Crippen molar-refractivity contribution < 1.29 is 16.9 Å². The Morgan fingerprint density at radius 1 is 0.941 bits per heavy atom. The number of quaternary nitrogens is 1. The highest BCUT2D eigenvalue weighted by molar-refractivity contribution is 4.87. The minimum absolute atomic E-state index is 0. The van der Waals surface area contributed by atoms with Gasteiger partial charge in [0.1, 0.15) is 0 Å². The van der Waals surface area contributed by atoms with Crippen LogP contribution >= 0.6 is 0 Å². The van der Waals surface area contributed by atoms with Crippen molar-refractivity contribution in [2.75, 3.05) is 26.2 Å². The molecule has 17 heavy (non-hydrogen) atoms. The first-order chi connectivity index (χ1) is 7.24. The summed E-state index contributed by atoms with van der Waals surface area (Å²) in [4.78, 5) is 0. The summed E-state index contributed by atoms with van der Waals surface area (Å²) in [6, 6.07) is 0. The Labute approximate surface area is 114 Å². The van der Waals surface area contributed by atoms with Gasteiger partial charge >= 0.3 is 0 Å². The van der Waals surface area contributed by atoms with E-state index in [0.29, 0.717) is 10.8 Å². The zero-order chi connectivity index (χ0) is 12.4. The van der Waals surface area contributed by atoms with Gasteiger partial charge in [0.2, 0.25) is 0 Å². The van der Waals surface area contributed by atoms with E-state index in [1.165, 1.54) is 19.5 Å². The van der Waals surface area contributed by atoms with Crippen LogP contribution in [0.3, 0.4) is 0 Å². The summed E-state index contributed by atoms with van der Waals surface area (Å²) >= 11 is 0. The largest absolute Gasteiger partial charge is 1.00 e. The van der Waals surface area contributed by atoms with E-state index in [9.17, 15) is 0 Å². The third-order valence-electron chi connectivity index (χ3n) is 3.52. The standard InChI is InChI=1S/C15H28N.ClH/c1-7-9-16(10-8-2)12-14(3,4)11-15(5,6)13-16;/h7-8H,1-2,9-13H2,3-6H3;1H/q+1;/p-1. The first-order valence-electron chi connectivity index (χ1n) is 6.31. The molecule has 0 saturated carbocycles. The van der Waals surface area contributed by atoms with E-state index in [-0.39, 0.29) is 12.4 Å². The van der Waals surface area contributed by atoms with E-state index in [2.05, 4.69) is 53.0 Å². The minimum atomic E-state index is 0. The molecule has 100 valence electrons. The molecule has 1 nitrogen and oxygen atoms in total. The maximum atomic E-state index is 3.93. The lowest BCUT2D eigenvalue weighted by atomic mass is 9.70. The summed E-state index contributed by atoms with van der Waals surface area (Å²) in [5.41, 5.74) is 0.849. The summed E-state index contributed by atoms with van der Waals surface area (Å²) in [6.45, 7) is 22.1. The number of piperidine rings is 1. The molecule has 0 aromatic heterocycles. The zero-order valence-corrected chi connectivity index (χ0v) is 12.7. The van der Waals surface area contributed by atoms with Crippen molar-refractivity contribution in [3.05, 3.63) is 25.3 Å². The van der Waals surface area contributed by atoms with E-state index in [1.807, 2.05) is 0 Å². The maximum absolute atomic E-state index is 3.93. The van der Waals surface area contributed by atoms with Crippen LogP contribution in [0.2, 0.25) is 0 Å². The van der Waals surface area contributed by atoms with Gasteiger partial charge in [0, 0.05) is 10.8 Å². The third kappa shape index (κ3) is 4.48. The quantitative estimate of drug-likeness (QED) is 0.512. The van der Waals surface area contributed by atoms with Gasteiger partial charge in [0.05, 0.1) is 26.2 Å². The number of nitrogens with zero attached hydrogens (tertiary/aromatic N) is 1. The summed E-state index contributed by atoms with van der Waals surface area (Å²) in [6.07, 6.45) is 5.45. The van der Waals surface area contributed by atoms with Crippen molar-refractivity contribution >= 4 is 0 Å². The van der Waals surface area contributed by atoms with Gasteiger partial charge in [-0.05, 0) is 18.6 Å². The van der Waals surface area contributed by atoms with Gasteiger partial charge in [0.25, 0.3) is 0 Å². The number of hydrogen-bond acceptors (Lipinski definition) is 0. The molecule has 0 amide bonds. The van der Waals surface area contributed by atoms with E-state index in [4.69, 9.17) is 0 Å². The maximum Gasteiger partial charge on any atom is 0.0973 e. The Hall–Kier alpha value is -0.270. The van der Waals surface area contributed by atoms with Gasteiger partial charge in [0.15, 0.2) is 0 Å². The number of halogens is 1. The molecule has 1 rings (SSSR count). The van der Waals surface area contributed by atoms with E-state index >= 15 is 0 Å². The molecule has 0 aliphatic carbocycles. The second-order valence-electron chi connectivity index (χ2n) is 7.11. The molecular formula is C15H28ClN. The first kappa shape index (κ1) is 16.7. The topological polar surface area (TPSA) is 0 Å². The molecular weight excluding hydrogens is 230 g/mol. The highest BCUT2D eigenvalue weighted by atomic mass is 35.5. The lowest BCUT2D eigenvalue weighted by Gasteiger charge is -2.53. The Balaban J connectivity index is 0.00000256. The van der Waals surface area contributed by atoms with Crippen molar-refractivity contribution in [1.82, 2.24) is 0 Å². The fraction of sp³-hybridized carbons (Fsp3) is 0.733. The molecule has 0 atom stereocenters. The van der Waals surface area contributed by atoms with E-state index in [1.54, 1.807) is 0 Å². The number of hydrogen-bond donors (Lipinski definition) is 0. The molecule has 2 heteroatoms. The molecule has 0 aromatic rings. The molecule has 0 N–H and O–H groups in total. The molecule has 0 radical (unpaired) electrons. The normalized spacial score (nSPS) is 24.5. The van der Waals surface area contributed by atoms with Gasteiger partial charge in [-0.2, -0.15) is 0 Å². The summed E-state index contributed by atoms with van der Waals surface area (Å²) in [5.74, 6) is 0. The average molecular weight is 258 g/mol. The first-order valence-corrected chi connectivity index (χ1v) is 6.31. The second-order valence-corrected chi connectivity index (χ2v) is 7.11. The molecule has 1 aliphatic heterocycles. The zero-order valence-electron chi connectivity index (χ0n) is 11.9. The van der Waals surface area contributed by atoms with Crippen molar-refractivity contribution in [3.63, 3.8) is 0 Å². The molecule has 0 unspecified atom stereocenters. The highest BCUT2D eigenvalue weighted by Gasteiger charge is 2.46. The lowest BCUT2D eigenvalue weighted by Crippen LogP contribution is -3.00. The van der Waals surface area contributed by atoms with Gasteiger partial charge < -0.3 is 16.9 Å². The van der Waals surface area contributed by atoms with E-state index < -0.39 is 0 Å². The fourth-order valence-corrected chi connectivity index (χ4v) is 4.16. The Morgan fingerprint density at radius 2 is 1.29 bits per heavy atom. The monoisotopic (exact) mass is 257 g/mol. The van der Waals surface area contributed by atoms with Gasteiger partial charge in [-0.15, -0.1) is 0 Å². The average Bonchev–Trinajstić information content (AvgIpc) is 1.97. The van der Waals surface area contributed by atoms with Crippen LogP contribution in [-0.2, 0) is 0 Å². The summed E-state index contributed by atoms with van der Waals surface area (Å²) in [5, 5.41) is 0. The van der Waals surface area contributed by atoms with Crippen LogP contribution in [0.25, 0.3) is 0 Å². The molecule has 0 spiro atoms. The van der Waals surface area contributed by atoms with Crippen LogP contribution in [-0.4, -0.2) is 30.7 Å². The second kappa shape index (κ2) is 5.58. The van der Waals surface area contributed by atoms with E-state index in [0.717, 1.165) is 17.6 Å². The molecule has 0 aromatic carbocycles. The number of likely N-dealkylation sites (tertiary alicyclic amines) is 1. The predicted molar refractivity (Wildman–Crippen MR) is 72.3 cm³/mol. The molecule has 1 aliphatic rings. The minimum Gasteiger partial charge on any atom is -1.00 e. The highest BCUT2D eigenvalue weighted by Crippen LogP contribution is 2.43. The van der Waals surface area contributed by atoms with Crippen LogP contribution < -0.4 is 12.4 Å². The van der Waals surface area contributed by atoms with Crippen LogP contribution in [0.15, 0.2) is 25.3 Å². The SMILES string of the molecule is C=CC[N+]1(CC=C)CC(C)(C)CC(C)(C)C1.[Cl-]. The van der Waals surface area contributed by atoms with Crippen molar-refractivity contribution in [2.24, 2.45) is 10.8 Å².